The Labute approximate surface area is 102 Å². The summed E-state index contributed by atoms with van der Waals surface area (Å²) in [6.45, 7) is 6.59. The Morgan fingerprint density at radius 2 is 1.69 bits per heavy atom. The molecule has 2 heteroatoms. The zero-order valence-corrected chi connectivity index (χ0v) is 11.4. The molecule has 0 aromatic carbocycles. The maximum atomic E-state index is 5.86. The van der Waals surface area contributed by atoms with E-state index in [4.69, 9.17) is 5.73 Å². The van der Waals surface area contributed by atoms with Crippen LogP contribution in [0.1, 0.15) is 52.4 Å². The molecular weight excluding hydrogens is 196 g/mol. The van der Waals surface area contributed by atoms with Crippen molar-refractivity contribution in [1.29, 1.82) is 0 Å². The van der Waals surface area contributed by atoms with Gasteiger partial charge in [0.1, 0.15) is 0 Å². The molecule has 1 atom stereocenters. The van der Waals surface area contributed by atoms with E-state index in [1.165, 1.54) is 45.1 Å². The van der Waals surface area contributed by atoms with Crippen molar-refractivity contribution in [3.63, 3.8) is 0 Å². The van der Waals surface area contributed by atoms with E-state index >= 15 is 0 Å². The van der Waals surface area contributed by atoms with Crippen molar-refractivity contribution in [2.75, 3.05) is 20.1 Å². The van der Waals surface area contributed by atoms with Crippen molar-refractivity contribution in [2.24, 2.45) is 17.6 Å². The highest BCUT2D eigenvalue weighted by molar-refractivity contribution is 4.76. The van der Waals surface area contributed by atoms with Crippen molar-refractivity contribution in [3.05, 3.63) is 0 Å². The van der Waals surface area contributed by atoms with Gasteiger partial charge in [-0.2, -0.15) is 0 Å². The highest BCUT2D eigenvalue weighted by atomic mass is 15.1. The molecule has 0 aromatic rings. The van der Waals surface area contributed by atoms with Gasteiger partial charge in [0, 0.05) is 12.6 Å². The lowest BCUT2D eigenvalue weighted by Gasteiger charge is -2.32. The van der Waals surface area contributed by atoms with Gasteiger partial charge in [0.15, 0.2) is 0 Å². The van der Waals surface area contributed by atoms with Crippen molar-refractivity contribution in [3.8, 4) is 0 Å². The summed E-state index contributed by atoms with van der Waals surface area (Å²) in [4.78, 5) is 2.57. The van der Waals surface area contributed by atoms with Crippen LogP contribution in [0.25, 0.3) is 0 Å². The van der Waals surface area contributed by atoms with E-state index < -0.39 is 0 Å². The summed E-state index contributed by atoms with van der Waals surface area (Å²) < 4.78 is 0. The van der Waals surface area contributed by atoms with Crippen molar-refractivity contribution in [2.45, 2.75) is 58.4 Å². The van der Waals surface area contributed by atoms with Gasteiger partial charge < -0.3 is 10.6 Å². The van der Waals surface area contributed by atoms with Gasteiger partial charge in [-0.3, -0.25) is 0 Å². The average molecular weight is 226 g/mol. The largest absolute Gasteiger partial charge is 0.330 e. The predicted molar refractivity (Wildman–Crippen MR) is 71.5 cm³/mol. The van der Waals surface area contributed by atoms with E-state index in [2.05, 4.69) is 25.8 Å². The molecule has 1 unspecified atom stereocenters. The highest BCUT2D eigenvalue weighted by Crippen LogP contribution is 2.22. The highest BCUT2D eigenvalue weighted by Gasteiger charge is 2.20. The van der Waals surface area contributed by atoms with Crippen LogP contribution in [0.4, 0.5) is 0 Å². The van der Waals surface area contributed by atoms with Crippen LogP contribution in [0.3, 0.4) is 0 Å². The maximum Gasteiger partial charge on any atom is 0.00923 e. The third-order valence-electron chi connectivity index (χ3n) is 4.22. The fraction of sp³-hybridized carbons (Fsp3) is 1.00. The summed E-state index contributed by atoms with van der Waals surface area (Å²) in [5, 5.41) is 0. The lowest BCUT2D eigenvalue weighted by atomic mass is 9.94. The van der Waals surface area contributed by atoms with Crippen LogP contribution in [0.2, 0.25) is 0 Å². The van der Waals surface area contributed by atoms with Gasteiger partial charge in [-0.25, -0.2) is 0 Å². The molecule has 1 rings (SSSR count). The molecule has 1 aliphatic rings. The Balaban J connectivity index is 2.39. The van der Waals surface area contributed by atoms with Crippen molar-refractivity contribution in [1.82, 2.24) is 4.90 Å². The fourth-order valence-corrected chi connectivity index (χ4v) is 2.78. The summed E-state index contributed by atoms with van der Waals surface area (Å²) >= 11 is 0. The second kappa shape index (κ2) is 7.29. The quantitative estimate of drug-likeness (QED) is 0.730. The SMILES string of the molecule is CC(C)C(CN)CN(C)C1CCCCCC1. The van der Waals surface area contributed by atoms with Crippen LogP contribution >= 0.6 is 0 Å². The van der Waals surface area contributed by atoms with Crippen molar-refractivity contribution >= 4 is 0 Å². The Bertz CT molecular complexity index is 172. The van der Waals surface area contributed by atoms with Crippen molar-refractivity contribution < 1.29 is 0 Å². The first-order valence-corrected chi connectivity index (χ1v) is 7.05. The number of nitrogens with two attached hydrogens (primary N) is 1. The van der Waals surface area contributed by atoms with Gasteiger partial charge in [-0.15, -0.1) is 0 Å². The molecule has 0 radical (unpaired) electrons. The van der Waals surface area contributed by atoms with Gasteiger partial charge in [-0.05, 0) is 38.3 Å². The summed E-state index contributed by atoms with van der Waals surface area (Å²) in [5.74, 6) is 1.37. The van der Waals surface area contributed by atoms with Gasteiger partial charge in [-0.1, -0.05) is 39.5 Å². The minimum absolute atomic E-state index is 0.660. The standard InChI is InChI=1S/C14H30N2/c1-12(2)13(10-15)11-16(3)14-8-6-4-5-7-9-14/h12-14H,4-11,15H2,1-3H3. The number of rotatable bonds is 5. The van der Waals surface area contributed by atoms with E-state index in [1.54, 1.807) is 0 Å². The molecule has 16 heavy (non-hydrogen) atoms. The van der Waals surface area contributed by atoms with Crippen LogP contribution in [0, 0.1) is 11.8 Å². The smallest absolute Gasteiger partial charge is 0.00923 e. The molecule has 1 fully saturated rings. The average Bonchev–Trinajstić information content (AvgIpc) is 2.53. The van der Waals surface area contributed by atoms with E-state index in [0.717, 1.165) is 12.6 Å². The minimum Gasteiger partial charge on any atom is -0.330 e. The molecule has 0 bridgehead atoms. The zero-order chi connectivity index (χ0) is 12.0. The molecule has 0 spiro atoms. The summed E-state index contributed by atoms with van der Waals surface area (Å²) in [7, 11) is 2.29. The van der Waals surface area contributed by atoms with Crippen LogP contribution < -0.4 is 5.73 Å². The Morgan fingerprint density at radius 1 is 1.12 bits per heavy atom. The maximum absolute atomic E-state index is 5.86. The third-order valence-corrected chi connectivity index (χ3v) is 4.22. The Morgan fingerprint density at radius 3 is 2.12 bits per heavy atom. The molecule has 2 nitrogen and oxygen atoms in total. The minimum atomic E-state index is 0.660. The van der Waals surface area contributed by atoms with E-state index in [1.807, 2.05) is 0 Å². The predicted octanol–water partition coefficient (Wildman–Crippen LogP) is 2.87. The van der Waals surface area contributed by atoms with Gasteiger partial charge in [0.2, 0.25) is 0 Å². The lowest BCUT2D eigenvalue weighted by Crippen LogP contribution is -2.39. The molecule has 0 saturated heterocycles. The second-order valence-corrected chi connectivity index (χ2v) is 5.82. The number of hydrogen-bond acceptors (Lipinski definition) is 2. The number of nitrogens with zero attached hydrogens (tertiary/aromatic N) is 1. The van der Waals surface area contributed by atoms with E-state index in [0.29, 0.717) is 11.8 Å². The topological polar surface area (TPSA) is 29.3 Å². The summed E-state index contributed by atoms with van der Waals surface area (Å²) in [6, 6.07) is 0.815. The monoisotopic (exact) mass is 226 g/mol. The normalized spacial score (nSPS) is 21.4. The van der Waals surface area contributed by atoms with Gasteiger partial charge in [0.25, 0.3) is 0 Å². The zero-order valence-electron chi connectivity index (χ0n) is 11.4. The number of hydrogen-bond donors (Lipinski definition) is 1. The van der Waals surface area contributed by atoms with Crippen LogP contribution in [-0.4, -0.2) is 31.1 Å². The molecule has 96 valence electrons. The molecule has 2 N–H and O–H groups in total. The molecule has 0 heterocycles. The molecular formula is C14H30N2. The van der Waals surface area contributed by atoms with Gasteiger partial charge in [0.05, 0.1) is 0 Å². The fourth-order valence-electron chi connectivity index (χ4n) is 2.78. The van der Waals surface area contributed by atoms with Crippen LogP contribution in [0.5, 0.6) is 0 Å². The second-order valence-electron chi connectivity index (χ2n) is 5.82. The van der Waals surface area contributed by atoms with Crippen LogP contribution in [0.15, 0.2) is 0 Å². The third kappa shape index (κ3) is 4.42. The first-order chi connectivity index (χ1) is 7.65. The van der Waals surface area contributed by atoms with E-state index in [-0.39, 0.29) is 0 Å². The molecule has 0 amide bonds. The summed E-state index contributed by atoms with van der Waals surface area (Å²) in [5.41, 5.74) is 5.86. The molecule has 1 aliphatic carbocycles. The van der Waals surface area contributed by atoms with Crippen LogP contribution in [-0.2, 0) is 0 Å². The first-order valence-electron chi connectivity index (χ1n) is 7.05. The Kier molecular flexibility index (Phi) is 6.37. The van der Waals surface area contributed by atoms with Gasteiger partial charge >= 0.3 is 0 Å². The first kappa shape index (κ1) is 14.0. The lowest BCUT2D eigenvalue weighted by molar-refractivity contribution is 0.171. The summed E-state index contributed by atoms with van der Waals surface area (Å²) in [6.07, 6.45) is 8.51. The molecule has 0 aliphatic heterocycles. The van der Waals surface area contributed by atoms with E-state index in [9.17, 15) is 0 Å². The molecule has 1 saturated carbocycles. The molecule has 0 aromatic heterocycles. The Hall–Kier alpha value is -0.0800.